The van der Waals surface area contributed by atoms with Crippen molar-refractivity contribution in [1.82, 2.24) is 19.9 Å². The average molecular weight is 377 g/mol. The molecule has 1 saturated heterocycles. The molecule has 1 aromatic carbocycles. The van der Waals surface area contributed by atoms with Gasteiger partial charge in [0.2, 0.25) is 5.91 Å². The first-order chi connectivity index (χ1) is 13.6. The molecular weight excluding hydrogens is 350 g/mol. The molecule has 28 heavy (non-hydrogen) atoms. The van der Waals surface area contributed by atoms with E-state index in [0.717, 1.165) is 41.1 Å². The third-order valence-corrected chi connectivity index (χ3v) is 5.34. The van der Waals surface area contributed by atoms with E-state index in [1.165, 1.54) is 19.3 Å². The number of aromatic nitrogens is 3. The van der Waals surface area contributed by atoms with Crippen molar-refractivity contribution in [3.8, 4) is 0 Å². The number of carbonyl (C=O) groups is 1. The second kappa shape index (κ2) is 8.00. The lowest BCUT2D eigenvalue weighted by atomic mass is 10.1. The molecule has 1 aliphatic rings. The molecule has 1 N–H and O–H groups in total. The van der Waals surface area contributed by atoms with Gasteiger partial charge in [-0.2, -0.15) is 0 Å². The molecule has 6 heteroatoms. The van der Waals surface area contributed by atoms with Gasteiger partial charge in [0.05, 0.1) is 13.0 Å². The molecule has 1 fully saturated rings. The average Bonchev–Trinajstić information content (AvgIpc) is 3.02. The van der Waals surface area contributed by atoms with Gasteiger partial charge >= 0.3 is 0 Å². The van der Waals surface area contributed by atoms with Crippen LogP contribution < -0.4 is 10.2 Å². The van der Waals surface area contributed by atoms with Crippen molar-refractivity contribution < 1.29 is 4.79 Å². The highest BCUT2D eigenvalue weighted by Crippen LogP contribution is 2.21. The quantitative estimate of drug-likeness (QED) is 0.742. The number of benzene rings is 1. The summed E-state index contributed by atoms with van der Waals surface area (Å²) >= 11 is 0. The number of fused-ring (bicyclic) bond motifs is 1. The molecule has 0 atom stereocenters. The van der Waals surface area contributed by atoms with E-state index < -0.39 is 0 Å². The van der Waals surface area contributed by atoms with E-state index in [0.29, 0.717) is 18.8 Å². The van der Waals surface area contributed by atoms with E-state index in [4.69, 9.17) is 0 Å². The second-order valence-electron chi connectivity index (χ2n) is 7.57. The number of para-hydroxylation sites is 1. The molecule has 4 rings (SSSR count). The summed E-state index contributed by atoms with van der Waals surface area (Å²) in [7, 11) is 2.01. The van der Waals surface area contributed by atoms with Crippen LogP contribution in [0.2, 0.25) is 0 Å². The SMILES string of the molecule is Cc1cc(N2CCCCC2)nc(CNC(=O)Cc2cn(C)c3ccccc23)n1. The molecule has 0 saturated carbocycles. The van der Waals surface area contributed by atoms with E-state index in [9.17, 15) is 4.79 Å². The van der Waals surface area contributed by atoms with Crippen LogP contribution in [-0.2, 0) is 24.8 Å². The van der Waals surface area contributed by atoms with Crippen molar-refractivity contribution >= 4 is 22.6 Å². The van der Waals surface area contributed by atoms with Gasteiger partial charge < -0.3 is 14.8 Å². The Hall–Kier alpha value is -2.89. The van der Waals surface area contributed by atoms with Gasteiger partial charge in [-0.3, -0.25) is 4.79 Å². The maximum Gasteiger partial charge on any atom is 0.224 e. The Labute approximate surface area is 165 Å². The van der Waals surface area contributed by atoms with Gasteiger partial charge in [0.25, 0.3) is 0 Å². The number of nitrogens with zero attached hydrogens (tertiary/aromatic N) is 4. The van der Waals surface area contributed by atoms with Crippen molar-refractivity contribution in [3.05, 3.63) is 53.6 Å². The Kier molecular flexibility index (Phi) is 5.28. The van der Waals surface area contributed by atoms with Gasteiger partial charge in [0.1, 0.15) is 11.6 Å². The van der Waals surface area contributed by atoms with Crippen molar-refractivity contribution in [2.24, 2.45) is 7.05 Å². The topological polar surface area (TPSA) is 63.1 Å². The first-order valence-electron chi connectivity index (χ1n) is 9.99. The smallest absolute Gasteiger partial charge is 0.224 e. The monoisotopic (exact) mass is 377 g/mol. The minimum atomic E-state index is -0.0130. The number of nitrogens with one attached hydrogen (secondary N) is 1. The first kappa shape index (κ1) is 18.5. The third kappa shape index (κ3) is 4.01. The summed E-state index contributed by atoms with van der Waals surface area (Å²) < 4.78 is 2.06. The summed E-state index contributed by atoms with van der Waals surface area (Å²) in [5.41, 5.74) is 3.11. The number of piperidine rings is 1. The Morgan fingerprint density at radius 3 is 2.75 bits per heavy atom. The van der Waals surface area contributed by atoms with E-state index in [2.05, 4.69) is 36.9 Å². The summed E-state index contributed by atoms with van der Waals surface area (Å²) in [5.74, 6) is 1.64. The van der Waals surface area contributed by atoms with Crippen LogP contribution >= 0.6 is 0 Å². The Morgan fingerprint density at radius 1 is 1.14 bits per heavy atom. The number of rotatable bonds is 5. The largest absolute Gasteiger partial charge is 0.357 e. The molecule has 6 nitrogen and oxygen atoms in total. The van der Waals surface area contributed by atoms with Crippen LogP contribution in [0, 0.1) is 6.92 Å². The molecule has 1 aliphatic heterocycles. The summed E-state index contributed by atoms with van der Waals surface area (Å²) in [5, 5.41) is 4.11. The zero-order valence-corrected chi connectivity index (χ0v) is 16.6. The molecule has 0 aliphatic carbocycles. The number of carbonyl (C=O) groups excluding carboxylic acids is 1. The van der Waals surface area contributed by atoms with Crippen molar-refractivity contribution in [1.29, 1.82) is 0 Å². The van der Waals surface area contributed by atoms with Gasteiger partial charge in [-0.05, 0) is 37.8 Å². The minimum Gasteiger partial charge on any atom is -0.357 e. The van der Waals surface area contributed by atoms with Gasteiger partial charge in [0.15, 0.2) is 0 Å². The molecule has 0 unspecified atom stereocenters. The zero-order chi connectivity index (χ0) is 19.5. The molecule has 146 valence electrons. The van der Waals surface area contributed by atoms with Gasteiger partial charge in [-0.25, -0.2) is 9.97 Å². The summed E-state index contributed by atoms with van der Waals surface area (Å²) in [6.07, 6.45) is 6.09. The number of hydrogen-bond acceptors (Lipinski definition) is 4. The Morgan fingerprint density at radius 2 is 1.93 bits per heavy atom. The van der Waals surface area contributed by atoms with Gasteiger partial charge in [-0.1, -0.05) is 18.2 Å². The predicted octanol–water partition coefficient (Wildman–Crippen LogP) is 3.13. The molecule has 3 heterocycles. The molecule has 0 radical (unpaired) electrons. The summed E-state index contributed by atoms with van der Waals surface area (Å²) in [6, 6.07) is 10.2. The zero-order valence-electron chi connectivity index (χ0n) is 16.6. The fourth-order valence-electron chi connectivity index (χ4n) is 3.96. The molecule has 0 bridgehead atoms. The highest BCUT2D eigenvalue weighted by molar-refractivity contribution is 5.89. The van der Waals surface area contributed by atoms with Crippen molar-refractivity contribution in [3.63, 3.8) is 0 Å². The number of hydrogen-bond donors (Lipinski definition) is 1. The van der Waals surface area contributed by atoms with E-state index in [-0.39, 0.29) is 5.91 Å². The van der Waals surface area contributed by atoms with Crippen LogP contribution in [0.5, 0.6) is 0 Å². The van der Waals surface area contributed by atoms with Crippen molar-refractivity contribution in [2.45, 2.75) is 39.2 Å². The maximum atomic E-state index is 12.5. The van der Waals surface area contributed by atoms with Gasteiger partial charge in [-0.15, -0.1) is 0 Å². The third-order valence-electron chi connectivity index (χ3n) is 5.34. The molecule has 0 spiro atoms. The molecular formula is C22H27N5O. The molecule has 3 aromatic rings. The maximum absolute atomic E-state index is 12.5. The predicted molar refractivity (Wildman–Crippen MR) is 111 cm³/mol. The molecule has 2 aromatic heterocycles. The van der Waals surface area contributed by atoms with Crippen LogP contribution in [0.15, 0.2) is 36.5 Å². The fourth-order valence-corrected chi connectivity index (χ4v) is 3.96. The minimum absolute atomic E-state index is 0.0130. The van der Waals surface area contributed by atoms with Crippen LogP contribution in [0.25, 0.3) is 10.9 Å². The van der Waals surface area contributed by atoms with Crippen LogP contribution in [-0.4, -0.2) is 33.5 Å². The van der Waals surface area contributed by atoms with Crippen molar-refractivity contribution in [2.75, 3.05) is 18.0 Å². The Balaban J connectivity index is 1.42. The lowest BCUT2D eigenvalue weighted by Crippen LogP contribution is -2.31. The number of anilines is 1. The van der Waals surface area contributed by atoms with E-state index in [1.807, 2.05) is 38.4 Å². The Bertz CT molecular complexity index is 988. The van der Waals surface area contributed by atoms with Crippen LogP contribution in [0.4, 0.5) is 5.82 Å². The van der Waals surface area contributed by atoms with E-state index >= 15 is 0 Å². The normalized spacial score (nSPS) is 14.4. The number of aryl methyl sites for hydroxylation is 2. The highest BCUT2D eigenvalue weighted by Gasteiger charge is 2.15. The van der Waals surface area contributed by atoms with Crippen LogP contribution in [0.3, 0.4) is 0 Å². The summed E-state index contributed by atoms with van der Waals surface area (Å²) in [4.78, 5) is 24.0. The highest BCUT2D eigenvalue weighted by atomic mass is 16.1. The standard InChI is InChI=1S/C22H27N5O/c1-16-12-21(27-10-6-3-7-11-27)25-20(24-16)14-23-22(28)13-17-15-26(2)19-9-5-4-8-18(17)19/h4-5,8-9,12,15H,3,6-7,10-11,13-14H2,1-2H3,(H,23,28). The number of amides is 1. The molecule has 1 amide bonds. The van der Waals surface area contributed by atoms with E-state index in [1.54, 1.807) is 0 Å². The first-order valence-corrected chi connectivity index (χ1v) is 9.99. The summed E-state index contributed by atoms with van der Waals surface area (Å²) in [6.45, 7) is 4.43. The second-order valence-corrected chi connectivity index (χ2v) is 7.57. The van der Waals surface area contributed by atoms with Gasteiger partial charge in [0, 0.05) is 49.0 Å². The fraction of sp³-hybridized carbons (Fsp3) is 0.409. The lowest BCUT2D eigenvalue weighted by molar-refractivity contribution is -0.120. The van der Waals surface area contributed by atoms with Crippen LogP contribution in [0.1, 0.15) is 36.3 Å². The lowest BCUT2D eigenvalue weighted by Gasteiger charge is -2.28.